The molecular weight excluding hydrogens is 310 g/mol. The van der Waals surface area contributed by atoms with E-state index in [4.69, 9.17) is 18.0 Å². The van der Waals surface area contributed by atoms with Crippen LogP contribution in [0.3, 0.4) is 0 Å². The van der Waals surface area contributed by atoms with Crippen LogP contribution in [0.5, 0.6) is 0 Å². The van der Waals surface area contributed by atoms with E-state index < -0.39 is 0 Å². The van der Waals surface area contributed by atoms with Crippen molar-refractivity contribution in [1.82, 2.24) is 4.90 Å². The first-order chi connectivity index (χ1) is 8.61. The van der Waals surface area contributed by atoms with Gasteiger partial charge in [-0.1, -0.05) is 35.1 Å². The molecule has 2 N–H and O–H groups in total. The molecule has 0 saturated carbocycles. The minimum atomic E-state index is 0.468. The third kappa shape index (κ3) is 3.02. The molecule has 0 radical (unpaired) electrons. The van der Waals surface area contributed by atoms with E-state index >= 15 is 0 Å². The summed E-state index contributed by atoms with van der Waals surface area (Å²) in [5.74, 6) is 0. The molecule has 1 aromatic carbocycles. The Morgan fingerprint density at radius 3 is 2.56 bits per heavy atom. The van der Waals surface area contributed by atoms with Crippen LogP contribution in [0.4, 0.5) is 5.69 Å². The van der Waals surface area contributed by atoms with Gasteiger partial charge in [0, 0.05) is 41.9 Å². The first-order valence-electron chi connectivity index (χ1n) is 6.18. The molecule has 0 amide bonds. The van der Waals surface area contributed by atoms with E-state index in [2.05, 4.69) is 38.7 Å². The van der Waals surface area contributed by atoms with Crippen molar-refractivity contribution in [3.05, 3.63) is 28.2 Å². The number of rotatable bonds is 3. The van der Waals surface area contributed by atoms with Crippen molar-refractivity contribution in [2.45, 2.75) is 6.92 Å². The molecule has 0 spiro atoms. The fourth-order valence-electron chi connectivity index (χ4n) is 2.28. The zero-order valence-electron chi connectivity index (χ0n) is 10.5. The van der Waals surface area contributed by atoms with Crippen molar-refractivity contribution in [2.75, 3.05) is 37.6 Å². The smallest absolute Gasteiger partial charge is 0.106 e. The van der Waals surface area contributed by atoms with E-state index in [0.717, 1.165) is 48.4 Å². The number of nitrogens with zero attached hydrogens (tertiary/aromatic N) is 2. The van der Waals surface area contributed by atoms with Gasteiger partial charge in [-0.2, -0.15) is 0 Å². The van der Waals surface area contributed by atoms with Crippen molar-refractivity contribution in [3.8, 4) is 0 Å². The lowest BCUT2D eigenvalue weighted by Crippen LogP contribution is -2.46. The number of hydrogen-bond acceptors (Lipinski definition) is 3. The monoisotopic (exact) mass is 327 g/mol. The Balaban J connectivity index is 2.22. The van der Waals surface area contributed by atoms with Crippen LogP contribution in [-0.4, -0.2) is 42.6 Å². The molecule has 0 aliphatic carbocycles. The molecule has 0 aromatic heterocycles. The maximum absolute atomic E-state index is 5.80. The Hall–Kier alpha value is -0.650. The van der Waals surface area contributed by atoms with E-state index in [1.54, 1.807) is 0 Å². The molecule has 1 fully saturated rings. The van der Waals surface area contributed by atoms with Crippen LogP contribution in [0, 0.1) is 0 Å². The van der Waals surface area contributed by atoms with Gasteiger partial charge in [-0.25, -0.2) is 0 Å². The third-order valence-corrected chi connectivity index (χ3v) is 4.10. The Kier molecular flexibility index (Phi) is 4.59. The summed E-state index contributed by atoms with van der Waals surface area (Å²) >= 11 is 8.65. The minimum Gasteiger partial charge on any atom is -0.389 e. The highest BCUT2D eigenvalue weighted by Crippen LogP contribution is 2.26. The van der Waals surface area contributed by atoms with Gasteiger partial charge >= 0.3 is 0 Å². The summed E-state index contributed by atoms with van der Waals surface area (Å²) in [6, 6.07) is 6.09. The van der Waals surface area contributed by atoms with Gasteiger partial charge < -0.3 is 15.5 Å². The van der Waals surface area contributed by atoms with E-state index in [0.29, 0.717) is 4.99 Å². The lowest BCUT2D eigenvalue weighted by atomic mass is 10.1. The molecule has 18 heavy (non-hydrogen) atoms. The zero-order valence-corrected chi connectivity index (χ0v) is 12.9. The zero-order chi connectivity index (χ0) is 13.1. The third-order valence-electron chi connectivity index (χ3n) is 3.39. The molecule has 5 heteroatoms. The van der Waals surface area contributed by atoms with E-state index in [1.165, 1.54) is 0 Å². The van der Waals surface area contributed by atoms with Gasteiger partial charge in [-0.05, 0) is 24.7 Å². The van der Waals surface area contributed by atoms with Crippen LogP contribution in [0.25, 0.3) is 0 Å². The second-order valence-corrected chi connectivity index (χ2v) is 5.80. The number of piperazine rings is 1. The SMILES string of the molecule is CCN1CCN(c2cc(Br)ccc2C(N)=S)CC1. The average molecular weight is 328 g/mol. The topological polar surface area (TPSA) is 32.5 Å². The average Bonchev–Trinajstić information content (AvgIpc) is 2.38. The predicted octanol–water partition coefficient (Wildman–Crippen LogP) is 2.23. The number of halogens is 1. The Bertz CT molecular complexity index is 442. The molecule has 98 valence electrons. The standard InChI is InChI=1S/C13H18BrN3S/c1-2-16-5-7-17(8-6-16)12-9-10(14)3-4-11(12)13(15)18/h3-4,9H,2,5-8H2,1H3,(H2,15,18). The van der Waals surface area contributed by atoms with Crippen molar-refractivity contribution in [3.63, 3.8) is 0 Å². The largest absolute Gasteiger partial charge is 0.389 e. The molecule has 0 bridgehead atoms. The first kappa shape index (κ1) is 13.8. The second-order valence-electron chi connectivity index (χ2n) is 4.45. The highest BCUT2D eigenvalue weighted by atomic mass is 79.9. The van der Waals surface area contributed by atoms with E-state index in [9.17, 15) is 0 Å². The van der Waals surface area contributed by atoms with Crippen molar-refractivity contribution in [1.29, 1.82) is 0 Å². The summed E-state index contributed by atoms with van der Waals surface area (Å²) in [6.07, 6.45) is 0. The van der Waals surface area contributed by atoms with Gasteiger partial charge in [0.1, 0.15) is 4.99 Å². The lowest BCUT2D eigenvalue weighted by molar-refractivity contribution is 0.271. The van der Waals surface area contributed by atoms with Crippen LogP contribution in [0.1, 0.15) is 12.5 Å². The Labute approximate surface area is 122 Å². The van der Waals surface area contributed by atoms with Crippen LogP contribution in [0.2, 0.25) is 0 Å². The van der Waals surface area contributed by atoms with E-state index in [-0.39, 0.29) is 0 Å². The van der Waals surface area contributed by atoms with Crippen LogP contribution in [-0.2, 0) is 0 Å². The number of hydrogen-bond donors (Lipinski definition) is 1. The van der Waals surface area contributed by atoms with Crippen LogP contribution >= 0.6 is 28.1 Å². The normalized spacial score (nSPS) is 16.9. The molecule has 0 unspecified atom stereocenters. The summed E-state index contributed by atoms with van der Waals surface area (Å²) in [5, 5.41) is 0. The van der Waals surface area contributed by atoms with Gasteiger partial charge in [0.25, 0.3) is 0 Å². The number of likely N-dealkylation sites (N-methyl/N-ethyl adjacent to an activating group) is 1. The van der Waals surface area contributed by atoms with Gasteiger partial charge in [0.05, 0.1) is 0 Å². The van der Waals surface area contributed by atoms with Gasteiger partial charge in [0.2, 0.25) is 0 Å². The fourth-order valence-corrected chi connectivity index (χ4v) is 2.80. The molecule has 1 aliphatic heterocycles. The summed E-state index contributed by atoms with van der Waals surface area (Å²) in [5.41, 5.74) is 7.92. The van der Waals surface area contributed by atoms with Gasteiger partial charge in [0.15, 0.2) is 0 Å². The second kappa shape index (κ2) is 5.99. The molecule has 1 saturated heterocycles. The summed E-state index contributed by atoms with van der Waals surface area (Å²) in [4.78, 5) is 5.29. The Morgan fingerprint density at radius 1 is 1.33 bits per heavy atom. The minimum absolute atomic E-state index is 0.468. The fraction of sp³-hybridized carbons (Fsp3) is 0.462. The maximum Gasteiger partial charge on any atom is 0.106 e. The predicted molar refractivity (Wildman–Crippen MR) is 84.4 cm³/mol. The molecule has 1 heterocycles. The maximum atomic E-state index is 5.80. The van der Waals surface area contributed by atoms with Crippen LogP contribution < -0.4 is 10.6 Å². The highest BCUT2D eigenvalue weighted by molar-refractivity contribution is 9.10. The lowest BCUT2D eigenvalue weighted by Gasteiger charge is -2.36. The number of anilines is 1. The van der Waals surface area contributed by atoms with E-state index in [1.807, 2.05) is 12.1 Å². The molecular formula is C13H18BrN3S. The first-order valence-corrected chi connectivity index (χ1v) is 7.38. The van der Waals surface area contributed by atoms with Gasteiger partial charge in [-0.15, -0.1) is 0 Å². The number of thiocarbonyl (C=S) groups is 1. The molecule has 3 nitrogen and oxygen atoms in total. The molecule has 0 atom stereocenters. The van der Waals surface area contributed by atoms with Crippen molar-refractivity contribution < 1.29 is 0 Å². The van der Waals surface area contributed by atoms with Crippen molar-refractivity contribution >= 4 is 38.8 Å². The summed E-state index contributed by atoms with van der Waals surface area (Å²) in [7, 11) is 0. The molecule has 1 aromatic rings. The number of benzene rings is 1. The summed E-state index contributed by atoms with van der Waals surface area (Å²) < 4.78 is 1.07. The highest BCUT2D eigenvalue weighted by Gasteiger charge is 2.19. The molecule has 2 rings (SSSR count). The quantitative estimate of drug-likeness (QED) is 0.863. The Morgan fingerprint density at radius 2 is 2.00 bits per heavy atom. The van der Waals surface area contributed by atoms with Crippen molar-refractivity contribution in [2.24, 2.45) is 5.73 Å². The number of nitrogens with two attached hydrogens (primary N) is 1. The summed E-state index contributed by atoms with van der Waals surface area (Å²) in [6.45, 7) is 7.57. The van der Waals surface area contributed by atoms with Gasteiger partial charge in [-0.3, -0.25) is 0 Å². The molecule has 1 aliphatic rings. The van der Waals surface area contributed by atoms with Crippen LogP contribution in [0.15, 0.2) is 22.7 Å².